The smallest absolute Gasteiger partial charge is 0.242 e. The van der Waals surface area contributed by atoms with Crippen molar-refractivity contribution in [1.29, 1.82) is 0 Å². The molecule has 0 bridgehead atoms. The molecular weight excluding hydrogens is 286 g/mol. The molecule has 0 aliphatic carbocycles. The second-order valence-electron chi connectivity index (χ2n) is 4.89. The van der Waals surface area contributed by atoms with Gasteiger partial charge >= 0.3 is 0 Å². The summed E-state index contributed by atoms with van der Waals surface area (Å²) in [4.78, 5) is 27.1. The van der Waals surface area contributed by atoms with Crippen LogP contribution < -0.4 is 10.6 Å². The molecule has 6 heteroatoms. The molecule has 1 aromatic carbocycles. The molecule has 2 rings (SSSR count). The number of fused-ring (bicyclic) bond motifs is 1. The first-order valence-corrected chi connectivity index (χ1v) is 7.77. The number of carbonyl (C=O) groups is 2. The molecular formula is C15H19N3O2S. The highest BCUT2D eigenvalue weighted by Gasteiger charge is 2.12. The standard InChI is InChI=1S/C15H19N3O2S/c1-10(17-11(2)19)15(20)16-9-5-8-14-18-12-6-3-4-7-13(12)21-14/h3-4,6-7,10H,5,8-9H2,1-2H3,(H,16,20)(H,17,19). The summed E-state index contributed by atoms with van der Waals surface area (Å²) in [7, 11) is 0. The largest absolute Gasteiger partial charge is 0.354 e. The van der Waals surface area contributed by atoms with Crippen molar-refractivity contribution < 1.29 is 9.59 Å². The van der Waals surface area contributed by atoms with Gasteiger partial charge in [0.05, 0.1) is 15.2 Å². The third-order valence-corrected chi connectivity index (χ3v) is 4.11. The lowest BCUT2D eigenvalue weighted by atomic mass is 10.2. The quantitative estimate of drug-likeness (QED) is 0.800. The van der Waals surface area contributed by atoms with Gasteiger partial charge in [0.2, 0.25) is 11.8 Å². The number of aromatic nitrogens is 1. The third kappa shape index (κ3) is 4.53. The van der Waals surface area contributed by atoms with Gasteiger partial charge in [0.15, 0.2) is 0 Å². The number of thiazole rings is 1. The number of amides is 2. The number of aryl methyl sites for hydroxylation is 1. The van der Waals surface area contributed by atoms with Gasteiger partial charge in [-0.1, -0.05) is 12.1 Å². The maximum absolute atomic E-state index is 11.7. The summed E-state index contributed by atoms with van der Waals surface area (Å²) in [6.45, 7) is 3.65. The fraction of sp³-hybridized carbons (Fsp3) is 0.400. The normalized spacial score (nSPS) is 12.1. The molecule has 1 unspecified atom stereocenters. The van der Waals surface area contributed by atoms with Crippen molar-refractivity contribution in [3.05, 3.63) is 29.3 Å². The molecule has 0 spiro atoms. The van der Waals surface area contributed by atoms with Crippen molar-refractivity contribution >= 4 is 33.4 Å². The van der Waals surface area contributed by atoms with Crippen molar-refractivity contribution in [3.63, 3.8) is 0 Å². The second-order valence-corrected chi connectivity index (χ2v) is 6.01. The van der Waals surface area contributed by atoms with Crippen LogP contribution in [0, 0.1) is 0 Å². The lowest BCUT2D eigenvalue weighted by Gasteiger charge is -2.12. The maximum atomic E-state index is 11.7. The minimum Gasteiger partial charge on any atom is -0.354 e. The van der Waals surface area contributed by atoms with Crippen LogP contribution in [-0.4, -0.2) is 29.4 Å². The van der Waals surface area contributed by atoms with E-state index in [1.54, 1.807) is 18.3 Å². The Bertz CT molecular complexity index is 606. The summed E-state index contributed by atoms with van der Waals surface area (Å²) in [5.74, 6) is -0.360. The molecule has 0 saturated carbocycles. The molecule has 2 aromatic rings. The molecule has 5 nitrogen and oxygen atoms in total. The van der Waals surface area contributed by atoms with Crippen LogP contribution in [0.5, 0.6) is 0 Å². The van der Waals surface area contributed by atoms with Crippen molar-refractivity contribution in [2.24, 2.45) is 0 Å². The second kappa shape index (κ2) is 7.17. The lowest BCUT2D eigenvalue weighted by Crippen LogP contribution is -2.44. The number of nitrogens with zero attached hydrogens (tertiary/aromatic N) is 1. The van der Waals surface area contributed by atoms with Gasteiger partial charge in [-0.25, -0.2) is 4.98 Å². The number of rotatable bonds is 6. The van der Waals surface area contributed by atoms with Crippen LogP contribution in [0.1, 0.15) is 25.3 Å². The van der Waals surface area contributed by atoms with Gasteiger partial charge < -0.3 is 10.6 Å². The molecule has 1 aromatic heterocycles. The highest BCUT2D eigenvalue weighted by Crippen LogP contribution is 2.22. The minimum absolute atomic E-state index is 0.158. The Morgan fingerprint density at radius 1 is 1.33 bits per heavy atom. The molecule has 21 heavy (non-hydrogen) atoms. The van der Waals surface area contributed by atoms with Crippen molar-refractivity contribution in [1.82, 2.24) is 15.6 Å². The fourth-order valence-corrected chi connectivity index (χ4v) is 3.01. The molecule has 0 fully saturated rings. The van der Waals surface area contributed by atoms with Gasteiger partial charge in [-0.2, -0.15) is 0 Å². The Morgan fingerprint density at radius 3 is 2.81 bits per heavy atom. The number of hydrogen-bond acceptors (Lipinski definition) is 4. The van der Waals surface area contributed by atoms with Gasteiger partial charge in [0, 0.05) is 19.9 Å². The van der Waals surface area contributed by atoms with Crippen molar-refractivity contribution in [3.8, 4) is 0 Å². The van der Waals surface area contributed by atoms with Crippen molar-refractivity contribution in [2.75, 3.05) is 6.54 Å². The third-order valence-electron chi connectivity index (χ3n) is 3.02. The van der Waals surface area contributed by atoms with Crippen molar-refractivity contribution in [2.45, 2.75) is 32.7 Å². The Morgan fingerprint density at radius 2 is 2.10 bits per heavy atom. The topological polar surface area (TPSA) is 71.1 Å². The predicted molar refractivity (Wildman–Crippen MR) is 84.2 cm³/mol. The van der Waals surface area contributed by atoms with Crippen LogP contribution in [0.4, 0.5) is 0 Å². The highest BCUT2D eigenvalue weighted by molar-refractivity contribution is 7.18. The first-order chi connectivity index (χ1) is 10.1. The van der Waals surface area contributed by atoms with Crippen LogP contribution >= 0.6 is 11.3 Å². The van der Waals surface area contributed by atoms with E-state index in [-0.39, 0.29) is 11.8 Å². The zero-order chi connectivity index (χ0) is 15.2. The molecule has 1 heterocycles. The Kier molecular flexibility index (Phi) is 5.27. The summed E-state index contributed by atoms with van der Waals surface area (Å²) in [6, 6.07) is 7.56. The Labute approximate surface area is 127 Å². The van der Waals surface area contributed by atoms with E-state index in [1.165, 1.54) is 11.6 Å². The summed E-state index contributed by atoms with van der Waals surface area (Å²) in [5, 5.41) is 6.46. The zero-order valence-corrected chi connectivity index (χ0v) is 13.0. The van der Waals surface area contributed by atoms with E-state index in [9.17, 15) is 9.59 Å². The number of para-hydroxylation sites is 1. The van der Waals surface area contributed by atoms with Gasteiger partial charge in [-0.05, 0) is 25.5 Å². The summed E-state index contributed by atoms with van der Waals surface area (Å²) in [6.07, 6.45) is 1.67. The zero-order valence-electron chi connectivity index (χ0n) is 12.2. The average molecular weight is 305 g/mol. The van der Waals surface area contributed by atoms with E-state index >= 15 is 0 Å². The molecule has 1 atom stereocenters. The summed E-state index contributed by atoms with van der Waals surface area (Å²) >= 11 is 1.69. The first-order valence-electron chi connectivity index (χ1n) is 6.95. The number of benzene rings is 1. The average Bonchev–Trinajstić information content (AvgIpc) is 2.85. The molecule has 112 valence electrons. The van der Waals surface area contributed by atoms with Crippen LogP contribution in [0.3, 0.4) is 0 Å². The maximum Gasteiger partial charge on any atom is 0.242 e. The molecule has 2 N–H and O–H groups in total. The van der Waals surface area contributed by atoms with E-state index in [4.69, 9.17) is 0 Å². The minimum atomic E-state index is -0.495. The van der Waals surface area contributed by atoms with Crippen LogP contribution in [-0.2, 0) is 16.0 Å². The first kappa shape index (κ1) is 15.4. The van der Waals surface area contributed by atoms with E-state index in [0.717, 1.165) is 23.4 Å². The van der Waals surface area contributed by atoms with E-state index in [0.29, 0.717) is 6.54 Å². The van der Waals surface area contributed by atoms with Crippen LogP contribution in [0.15, 0.2) is 24.3 Å². The molecule has 0 aliphatic heterocycles. The predicted octanol–water partition coefficient (Wildman–Crippen LogP) is 1.87. The number of nitrogens with one attached hydrogen (secondary N) is 2. The monoisotopic (exact) mass is 305 g/mol. The van der Waals surface area contributed by atoms with Gasteiger partial charge in [-0.15, -0.1) is 11.3 Å². The lowest BCUT2D eigenvalue weighted by molar-refractivity contribution is -0.127. The molecule has 2 amide bonds. The van der Waals surface area contributed by atoms with Gasteiger partial charge in [0.1, 0.15) is 6.04 Å². The molecule has 0 aliphatic rings. The Hall–Kier alpha value is -1.95. The summed E-state index contributed by atoms with van der Waals surface area (Å²) < 4.78 is 1.19. The van der Waals surface area contributed by atoms with Gasteiger partial charge in [0.25, 0.3) is 0 Å². The highest BCUT2D eigenvalue weighted by atomic mass is 32.1. The van der Waals surface area contributed by atoms with E-state index < -0.39 is 6.04 Å². The SMILES string of the molecule is CC(=O)NC(C)C(=O)NCCCc1nc2ccccc2s1. The van der Waals surface area contributed by atoms with E-state index in [1.807, 2.05) is 18.2 Å². The Balaban J connectivity index is 1.74. The molecule has 0 radical (unpaired) electrons. The fourth-order valence-electron chi connectivity index (χ4n) is 2.00. The number of carbonyl (C=O) groups excluding carboxylic acids is 2. The van der Waals surface area contributed by atoms with E-state index in [2.05, 4.69) is 21.7 Å². The van der Waals surface area contributed by atoms with Gasteiger partial charge in [-0.3, -0.25) is 9.59 Å². The summed E-state index contributed by atoms with van der Waals surface area (Å²) in [5.41, 5.74) is 1.03. The van der Waals surface area contributed by atoms with Crippen LogP contribution in [0.2, 0.25) is 0 Å². The van der Waals surface area contributed by atoms with Crippen LogP contribution in [0.25, 0.3) is 10.2 Å². The number of hydrogen-bond donors (Lipinski definition) is 2. The molecule has 0 saturated heterocycles.